The van der Waals surface area contributed by atoms with Crippen molar-refractivity contribution in [3.05, 3.63) is 59.7 Å². The highest BCUT2D eigenvalue weighted by molar-refractivity contribution is 7.99. The Morgan fingerprint density at radius 3 is 1.53 bits per heavy atom. The molecule has 0 bridgehead atoms. The van der Waals surface area contributed by atoms with Gasteiger partial charge in [-0.3, -0.25) is 9.59 Å². The number of anilines is 4. The van der Waals surface area contributed by atoms with Crippen molar-refractivity contribution < 1.29 is 19.1 Å². The van der Waals surface area contributed by atoms with Gasteiger partial charge in [0.25, 0.3) is 11.8 Å². The molecule has 2 amide bonds. The third-order valence-corrected chi connectivity index (χ3v) is 7.69. The first-order chi connectivity index (χ1) is 18.3. The van der Waals surface area contributed by atoms with Gasteiger partial charge in [-0.2, -0.15) is 0 Å². The van der Waals surface area contributed by atoms with Gasteiger partial charge in [-0.05, 0) is 30.3 Å². The molecule has 12 heteroatoms. The van der Waals surface area contributed by atoms with Crippen molar-refractivity contribution in [1.82, 2.24) is 0 Å². The van der Waals surface area contributed by atoms with Crippen LogP contribution in [0.25, 0.3) is 0 Å². The second-order valence-corrected chi connectivity index (χ2v) is 10.1. The first-order valence-corrected chi connectivity index (χ1v) is 13.6. The standard InChI is InChI=1S/C26H32N6O4S2/c1-35-21-14-22(36-2)16(26(34)32-20-8-4-6-18(30)24(20)38-12-10-28)13-15(21)25(33)31-19-7-3-5-17(29)23(19)37-11-9-27/h3-8,13-14H,9-12,27-30H2,1-2H3,(H,31,33)(H,32,34). The molecule has 10 N–H and O–H groups in total. The number of ether oxygens (including phenoxy) is 2. The summed E-state index contributed by atoms with van der Waals surface area (Å²) >= 11 is 2.89. The number of methoxy groups -OCH3 is 2. The summed E-state index contributed by atoms with van der Waals surface area (Å²) in [5.74, 6) is 0.757. The number of amides is 2. The molecule has 0 aliphatic rings. The van der Waals surface area contributed by atoms with Crippen LogP contribution in [0.2, 0.25) is 0 Å². The second kappa shape index (κ2) is 13.8. The van der Waals surface area contributed by atoms with Gasteiger partial charge in [-0.25, -0.2) is 0 Å². The van der Waals surface area contributed by atoms with Gasteiger partial charge in [0.15, 0.2) is 0 Å². The van der Waals surface area contributed by atoms with Gasteiger partial charge in [-0.1, -0.05) is 12.1 Å². The van der Waals surface area contributed by atoms with E-state index >= 15 is 0 Å². The van der Waals surface area contributed by atoms with Crippen LogP contribution in [-0.2, 0) is 0 Å². The summed E-state index contributed by atoms with van der Waals surface area (Å²) in [5, 5.41) is 5.76. The average molecular weight is 557 g/mol. The van der Waals surface area contributed by atoms with E-state index in [0.29, 0.717) is 57.1 Å². The normalized spacial score (nSPS) is 10.6. The van der Waals surface area contributed by atoms with Crippen molar-refractivity contribution in [2.75, 3.05) is 60.9 Å². The number of hydrogen-bond acceptors (Lipinski definition) is 10. The van der Waals surface area contributed by atoms with Crippen molar-refractivity contribution in [2.45, 2.75) is 9.79 Å². The highest BCUT2D eigenvalue weighted by Gasteiger charge is 2.23. The number of nitrogens with two attached hydrogens (primary N) is 4. The van der Waals surface area contributed by atoms with Gasteiger partial charge in [0, 0.05) is 42.0 Å². The first kappa shape index (κ1) is 29.0. The van der Waals surface area contributed by atoms with Crippen molar-refractivity contribution in [3.63, 3.8) is 0 Å². The number of benzene rings is 3. The van der Waals surface area contributed by atoms with Crippen molar-refractivity contribution in [2.24, 2.45) is 11.5 Å². The minimum absolute atomic E-state index is 0.140. The number of carbonyl (C=O) groups excluding carboxylic acids is 2. The number of hydrogen-bond donors (Lipinski definition) is 6. The van der Waals surface area contributed by atoms with Crippen LogP contribution in [0.4, 0.5) is 22.7 Å². The number of rotatable bonds is 12. The zero-order valence-corrected chi connectivity index (χ0v) is 22.8. The van der Waals surface area contributed by atoms with E-state index in [1.807, 2.05) is 0 Å². The maximum atomic E-state index is 13.4. The van der Waals surface area contributed by atoms with Crippen LogP contribution in [-0.4, -0.2) is 50.6 Å². The molecule has 202 valence electrons. The Labute approximate surface area is 230 Å². The molecular formula is C26H32N6O4S2. The maximum absolute atomic E-state index is 13.4. The zero-order chi connectivity index (χ0) is 27.7. The van der Waals surface area contributed by atoms with E-state index in [1.165, 1.54) is 49.9 Å². The number of thioether (sulfide) groups is 2. The third-order valence-electron chi connectivity index (χ3n) is 5.33. The third kappa shape index (κ3) is 6.84. The molecule has 3 aromatic carbocycles. The van der Waals surface area contributed by atoms with Crippen LogP contribution in [0.3, 0.4) is 0 Å². The van der Waals surface area contributed by atoms with Crippen LogP contribution in [0.15, 0.2) is 58.3 Å². The van der Waals surface area contributed by atoms with E-state index in [2.05, 4.69) is 10.6 Å². The van der Waals surface area contributed by atoms with Crippen molar-refractivity contribution in [1.29, 1.82) is 0 Å². The molecule has 10 nitrogen and oxygen atoms in total. The summed E-state index contributed by atoms with van der Waals surface area (Å²) in [6.45, 7) is 0.910. The van der Waals surface area contributed by atoms with Gasteiger partial charge >= 0.3 is 0 Å². The van der Waals surface area contributed by atoms with E-state index in [1.54, 1.807) is 36.4 Å². The summed E-state index contributed by atoms with van der Waals surface area (Å²) in [6, 6.07) is 13.4. The van der Waals surface area contributed by atoms with Gasteiger partial charge < -0.3 is 43.0 Å². The molecule has 3 rings (SSSR count). The average Bonchev–Trinajstić information content (AvgIpc) is 2.91. The molecule has 0 aliphatic carbocycles. The zero-order valence-electron chi connectivity index (χ0n) is 21.2. The summed E-state index contributed by atoms with van der Waals surface area (Å²) in [6.07, 6.45) is 0. The van der Waals surface area contributed by atoms with E-state index in [-0.39, 0.29) is 22.6 Å². The number of nitrogens with one attached hydrogen (secondary N) is 2. The molecule has 0 unspecified atom stereocenters. The lowest BCUT2D eigenvalue weighted by Gasteiger charge is -2.17. The van der Waals surface area contributed by atoms with Crippen LogP contribution < -0.4 is 43.0 Å². The smallest absolute Gasteiger partial charge is 0.259 e. The monoisotopic (exact) mass is 556 g/mol. The Balaban J connectivity index is 1.97. The van der Waals surface area contributed by atoms with Crippen molar-refractivity contribution >= 4 is 58.1 Å². The fourth-order valence-corrected chi connectivity index (χ4v) is 5.25. The minimum atomic E-state index is -0.484. The molecule has 0 heterocycles. The van der Waals surface area contributed by atoms with Crippen LogP contribution >= 0.6 is 23.5 Å². The molecule has 0 saturated carbocycles. The molecule has 0 aromatic heterocycles. The fraction of sp³-hybridized carbons (Fsp3) is 0.231. The highest BCUT2D eigenvalue weighted by Crippen LogP contribution is 2.36. The fourth-order valence-electron chi connectivity index (χ4n) is 3.58. The summed E-state index contributed by atoms with van der Waals surface area (Å²) in [5.41, 5.74) is 25.9. The molecule has 38 heavy (non-hydrogen) atoms. The van der Waals surface area contributed by atoms with E-state index in [4.69, 9.17) is 32.4 Å². The van der Waals surface area contributed by atoms with E-state index in [0.717, 1.165) is 0 Å². The Morgan fingerprint density at radius 1 is 0.737 bits per heavy atom. The molecular weight excluding hydrogens is 524 g/mol. The molecule has 3 aromatic rings. The molecule has 0 fully saturated rings. The Bertz CT molecular complexity index is 1210. The minimum Gasteiger partial charge on any atom is -0.496 e. The van der Waals surface area contributed by atoms with Crippen LogP contribution in [0.5, 0.6) is 11.5 Å². The lowest BCUT2D eigenvalue weighted by molar-refractivity contribution is 0.102. The summed E-state index contributed by atoms with van der Waals surface area (Å²) in [4.78, 5) is 28.2. The summed E-state index contributed by atoms with van der Waals surface area (Å²) in [7, 11) is 2.87. The molecule has 0 radical (unpaired) electrons. The molecule has 0 atom stereocenters. The Morgan fingerprint density at radius 2 is 1.16 bits per heavy atom. The van der Waals surface area contributed by atoms with E-state index < -0.39 is 11.8 Å². The summed E-state index contributed by atoms with van der Waals surface area (Å²) < 4.78 is 10.9. The lowest BCUT2D eigenvalue weighted by Crippen LogP contribution is -2.18. The number of carbonyl (C=O) groups is 2. The van der Waals surface area contributed by atoms with Crippen LogP contribution in [0, 0.1) is 0 Å². The van der Waals surface area contributed by atoms with E-state index in [9.17, 15) is 9.59 Å². The molecule has 0 saturated heterocycles. The predicted octanol–water partition coefficient (Wildman–Crippen LogP) is 3.47. The topological polar surface area (TPSA) is 181 Å². The lowest BCUT2D eigenvalue weighted by atomic mass is 10.1. The molecule has 0 aliphatic heterocycles. The van der Waals surface area contributed by atoms with Crippen molar-refractivity contribution in [3.8, 4) is 11.5 Å². The predicted molar refractivity (Wildman–Crippen MR) is 157 cm³/mol. The maximum Gasteiger partial charge on any atom is 0.259 e. The van der Waals surface area contributed by atoms with Crippen LogP contribution in [0.1, 0.15) is 20.7 Å². The number of nitrogen functional groups attached to an aromatic ring is 2. The Hall–Kier alpha value is -3.58. The second-order valence-electron chi connectivity index (χ2n) is 7.88. The quantitative estimate of drug-likeness (QED) is 0.143. The van der Waals surface area contributed by atoms with Gasteiger partial charge in [0.05, 0.1) is 46.5 Å². The first-order valence-electron chi connectivity index (χ1n) is 11.7. The van der Waals surface area contributed by atoms with Gasteiger partial charge in [-0.15, -0.1) is 23.5 Å². The SMILES string of the molecule is COc1cc(OC)c(C(=O)Nc2cccc(N)c2SCCN)cc1C(=O)Nc1cccc(N)c1SCCN. The Kier molecular flexibility index (Phi) is 10.5. The largest absolute Gasteiger partial charge is 0.496 e. The van der Waals surface area contributed by atoms with Gasteiger partial charge in [0.2, 0.25) is 0 Å². The van der Waals surface area contributed by atoms with Gasteiger partial charge in [0.1, 0.15) is 11.5 Å². The highest BCUT2D eigenvalue weighted by atomic mass is 32.2. The molecule has 0 spiro atoms.